The van der Waals surface area contributed by atoms with Crippen LogP contribution in [0.2, 0.25) is 0 Å². The van der Waals surface area contributed by atoms with Crippen LogP contribution in [0.3, 0.4) is 0 Å². The highest BCUT2D eigenvalue weighted by Gasteiger charge is 2.14. The van der Waals surface area contributed by atoms with Crippen molar-refractivity contribution in [3.8, 4) is 22.8 Å². The molecule has 2 amide bonds. The summed E-state index contributed by atoms with van der Waals surface area (Å²) in [5.74, 6) is 1.63. The highest BCUT2D eigenvalue weighted by molar-refractivity contribution is 8.00. The normalized spacial score (nSPS) is 10.8. The molecule has 2 aromatic carbocycles. The maximum Gasteiger partial charge on any atom is 0.230 e. The van der Waals surface area contributed by atoms with Gasteiger partial charge in [-0.2, -0.15) is 0 Å². The Morgan fingerprint density at radius 2 is 1.06 bits per heavy atom. The molecule has 36 heavy (non-hydrogen) atoms. The van der Waals surface area contributed by atoms with Gasteiger partial charge >= 0.3 is 0 Å². The Labute approximate surface area is 217 Å². The van der Waals surface area contributed by atoms with Crippen molar-refractivity contribution in [3.05, 3.63) is 60.7 Å². The Kier molecular flexibility index (Phi) is 8.74. The van der Waals surface area contributed by atoms with Crippen LogP contribution in [-0.2, 0) is 23.7 Å². The molecule has 0 aliphatic heterocycles. The van der Waals surface area contributed by atoms with E-state index in [1.54, 1.807) is 0 Å². The largest absolute Gasteiger partial charge is 0.354 e. The van der Waals surface area contributed by atoms with E-state index in [1.807, 2.05) is 83.9 Å². The molecule has 186 valence electrons. The molecule has 10 nitrogen and oxygen atoms in total. The number of carbonyl (C=O) groups is 2. The summed E-state index contributed by atoms with van der Waals surface area (Å²) in [4.78, 5) is 24.4. The molecular formula is C24H26N8O2S2. The summed E-state index contributed by atoms with van der Waals surface area (Å²) in [6.07, 6.45) is 0. The van der Waals surface area contributed by atoms with Gasteiger partial charge in [-0.1, -0.05) is 84.2 Å². The van der Waals surface area contributed by atoms with E-state index in [1.165, 1.54) is 23.5 Å². The van der Waals surface area contributed by atoms with E-state index in [0.717, 1.165) is 22.8 Å². The first-order valence-corrected chi connectivity index (χ1v) is 13.2. The van der Waals surface area contributed by atoms with Crippen LogP contribution in [0.15, 0.2) is 71.0 Å². The van der Waals surface area contributed by atoms with E-state index in [2.05, 4.69) is 31.0 Å². The lowest BCUT2D eigenvalue weighted by Gasteiger charge is -2.07. The van der Waals surface area contributed by atoms with Gasteiger partial charge in [0.15, 0.2) is 22.0 Å². The lowest BCUT2D eigenvalue weighted by atomic mass is 10.2. The average molecular weight is 523 g/mol. The maximum absolute atomic E-state index is 12.2. The Balaban J connectivity index is 1.14. The summed E-state index contributed by atoms with van der Waals surface area (Å²) in [5.41, 5.74) is 1.93. The van der Waals surface area contributed by atoms with Crippen LogP contribution < -0.4 is 10.6 Å². The number of amides is 2. The Hall–Kier alpha value is -3.64. The third-order valence-corrected chi connectivity index (χ3v) is 7.21. The zero-order valence-corrected chi connectivity index (χ0v) is 21.6. The molecule has 0 radical (unpaired) electrons. The molecule has 4 rings (SSSR count). The molecule has 2 heterocycles. The van der Waals surface area contributed by atoms with Gasteiger partial charge in [0.2, 0.25) is 11.8 Å². The van der Waals surface area contributed by atoms with Crippen molar-refractivity contribution >= 4 is 35.3 Å². The lowest BCUT2D eigenvalue weighted by Crippen LogP contribution is -2.36. The van der Waals surface area contributed by atoms with Gasteiger partial charge in [0, 0.05) is 38.3 Å². The van der Waals surface area contributed by atoms with Gasteiger partial charge < -0.3 is 19.8 Å². The van der Waals surface area contributed by atoms with E-state index < -0.39 is 0 Å². The first kappa shape index (κ1) is 25.5. The van der Waals surface area contributed by atoms with Crippen molar-refractivity contribution in [1.29, 1.82) is 0 Å². The Morgan fingerprint density at radius 3 is 1.44 bits per heavy atom. The van der Waals surface area contributed by atoms with Crippen LogP contribution in [0, 0.1) is 0 Å². The van der Waals surface area contributed by atoms with E-state index in [0.29, 0.717) is 23.4 Å². The number of rotatable bonds is 11. The van der Waals surface area contributed by atoms with Gasteiger partial charge in [-0.15, -0.1) is 20.4 Å². The molecule has 4 aromatic rings. The maximum atomic E-state index is 12.2. The Morgan fingerprint density at radius 1 is 0.667 bits per heavy atom. The molecular weight excluding hydrogens is 496 g/mol. The van der Waals surface area contributed by atoms with E-state index in [-0.39, 0.29) is 23.3 Å². The second-order valence-electron chi connectivity index (χ2n) is 7.74. The fourth-order valence-electron chi connectivity index (χ4n) is 3.32. The van der Waals surface area contributed by atoms with Crippen LogP contribution in [0.1, 0.15) is 0 Å². The van der Waals surface area contributed by atoms with E-state index >= 15 is 0 Å². The molecule has 0 atom stereocenters. The topological polar surface area (TPSA) is 120 Å². The molecule has 0 aliphatic rings. The fourth-order valence-corrected chi connectivity index (χ4v) is 4.81. The van der Waals surface area contributed by atoms with Gasteiger partial charge in [0.1, 0.15) is 0 Å². The van der Waals surface area contributed by atoms with Crippen molar-refractivity contribution in [3.63, 3.8) is 0 Å². The molecule has 0 unspecified atom stereocenters. The quantitative estimate of drug-likeness (QED) is 0.228. The van der Waals surface area contributed by atoms with Gasteiger partial charge in [0.25, 0.3) is 0 Å². The van der Waals surface area contributed by atoms with Gasteiger partial charge in [-0.3, -0.25) is 9.59 Å². The first-order valence-electron chi connectivity index (χ1n) is 11.2. The van der Waals surface area contributed by atoms with Crippen molar-refractivity contribution in [1.82, 2.24) is 40.2 Å². The van der Waals surface area contributed by atoms with Crippen molar-refractivity contribution in [2.24, 2.45) is 14.1 Å². The van der Waals surface area contributed by atoms with Crippen LogP contribution in [0.4, 0.5) is 0 Å². The first-order chi connectivity index (χ1) is 17.5. The fraction of sp³-hybridized carbons (Fsp3) is 0.250. The summed E-state index contributed by atoms with van der Waals surface area (Å²) in [7, 11) is 3.75. The summed E-state index contributed by atoms with van der Waals surface area (Å²) >= 11 is 2.63. The van der Waals surface area contributed by atoms with Gasteiger partial charge in [0.05, 0.1) is 11.5 Å². The van der Waals surface area contributed by atoms with Crippen LogP contribution in [0.5, 0.6) is 0 Å². The predicted molar refractivity (Wildman–Crippen MR) is 140 cm³/mol. The molecule has 2 N–H and O–H groups in total. The number of thioether (sulfide) groups is 2. The van der Waals surface area contributed by atoms with Crippen LogP contribution in [-0.4, -0.2) is 65.9 Å². The van der Waals surface area contributed by atoms with Crippen molar-refractivity contribution < 1.29 is 9.59 Å². The summed E-state index contributed by atoms with van der Waals surface area (Å²) in [6.45, 7) is 0.679. The second-order valence-corrected chi connectivity index (χ2v) is 9.62. The Bertz CT molecular complexity index is 1210. The summed E-state index contributed by atoms with van der Waals surface area (Å²) in [5, 5.41) is 23.7. The van der Waals surface area contributed by atoms with Gasteiger partial charge in [-0.05, 0) is 0 Å². The number of aromatic nitrogens is 6. The zero-order chi connectivity index (χ0) is 25.3. The summed E-state index contributed by atoms with van der Waals surface area (Å²) in [6, 6.07) is 19.5. The molecule has 0 saturated carbocycles. The van der Waals surface area contributed by atoms with E-state index in [9.17, 15) is 9.59 Å². The monoisotopic (exact) mass is 522 g/mol. The molecule has 0 aliphatic carbocycles. The van der Waals surface area contributed by atoms with Crippen LogP contribution >= 0.6 is 23.5 Å². The third kappa shape index (κ3) is 6.52. The summed E-state index contributed by atoms with van der Waals surface area (Å²) < 4.78 is 3.73. The average Bonchev–Trinajstić information content (AvgIpc) is 3.46. The van der Waals surface area contributed by atoms with E-state index in [4.69, 9.17) is 0 Å². The number of nitrogens with zero attached hydrogens (tertiary/aromatic N) is 6. The highest BCUT2D eigenvalue weighted by atomic mass is 32.2. The highest BCUT2D eigenvalue weighted by Crippen LogP contribution is 2.23. The second kappa shape index (κ2) is 12.4. The minimum absolute atomic E-state index is 0.139. The molecule has 0 spiro atoms. The molecule has 0 fully saturated rings. The SMILES string of the molecule is Cn1c(SCC(=O)NCCNC(=O)CSc2nnc(-c3ccccc3)n2C)nnc1-c1ccccc1. The standard InChI is InChI=1S/C24H26N8O2S2/c1-31-21(17-9-5-3-6-10-17)27-29-23(31)35-15-19(33)25-13-14-26-20(34)16-36-24-30-28-22(32(24)2)18-11-7-4-8-12-18/h3-12H,13-16H2,1-2H3,(H,25,33)(H,26,34). The minimum atomic E-state index is -0.139. The minimum Gasteiger partial charge on any atom is -0.354 e. The zero-order valence-electron chi connectivity index (χ0n) is 19.9. The van der Waals surface area contributed by atoms with Crippen molar-refractivity contribution in [2.75, 3.05) is 24.6 Å². The lowest BCUT2D eigenvalue weighted by molar-refractivity contribution is -0.120. The number of hydrogen-bond acceptors (Lipinski definition) is 8. The number of carbonyl (C=O) groups excluding carboxylic acids is 2. The third-order valence-electron chi connectivity index (χ3n) is 5.17. The molecule has 0 bridgehead atoms. The number of benzene rings is 2. The molecule has 2 aromatic heterocycles. The number of hydrogen-bond donors (Lipinski definition) is 2. The predicted octanol–water partition coefficient (Wildman–Crippen LogP) is 2.39. The smallest absolute Gasteiger partial charge is 0.230 e. The number of nitrogens with one attached hydrogen (secondary N) is 2. The van der Waals surface area contributed by atoms with Crippen LogP contribution in [0.25, 0.3) is 22.8 Å². The van der Waals surface area contributed by atoms with Gasteiger partial charge in [-0.25, -0.2) is 0 Å². The molecule has 0 saturated heterocycles. The van der Waals surface area contributed by atoms with Crippen molar-refractivity contribution in [2.45, 2.75) is 10.3 Å². The molecule has 12 heteroatoms.